The standard InChI is InChI=1S/C16H17NO3/c18-11-15(13-4-2-1-3-5-13)17-16(20)10-12-6-8-14(19)9-7-12/h1-9,15,18-19H,10-11H2,(H,17,20)/t15-/m1/s1. The zero-order chi connectivity index (χ0) is 14.4. The highest BCUT2D eigenvalue weighted by atomic mass is 16.3. The number of aliphatic hydroxyl groups is 1. The number of phenols is 1. The Morgan fingerprint density at radius 1 is 1.05 bits per heavy atom. The number of nitrogens with one attached hydrogen (secondary N) is 1. The number of carbonyl (C=O) groups is 1. The second-order valence-electron chi connectivity index (χ2n) is 4.56. The Balaban J connectivity index is 1.97. The molecule has 2 aromatic rings. The SMILES string of the molecule is O=C(Cc1ccc(O)cc1)N[C@H](CO)c1ccccc1. The number of aromatic hydroxyl groups is 1. The van der Waals surface area contributed by atoms with E-state index < -0.39 is 6.04 Å². The first-order valence-corrected chi connectivity index (χ1v) is 6.42. The third-order valence-corrected chi connectivity index (χ3v) is 3.02. The van der Waals surface area contributed by atoms with Gasteiger partial charge < -0.3 is 15.5 Å². The zero-order valence-corrected chi connectivity index (χ0v) is 11.0. The summed E-state index contributed by atoms with van der Waals surface area (Å²) < 4.78 is 0. The van der Waals surface area contributed by atoms with Crippen molar-refractivity contribution in [3.8, 4) is 5.75 Å². The van der Waals surface area contributed by atoms with Gasteiger partial charge in [0.2, 0.25) is 5.91 Å². The minimum Gasteiger partial charge on any atom is -0.508 e. The minimum absolute atomic E-state index is 0.147. The van der Waals surface area contributed by atoms with Crippen LogP contribution < -0.4 is 5.32 Å². The van der Waals surface area contributed by atoms with Gasteiger partial charge in [0.15, 0.2) is 0 Å². The molecule has 0 aliphatic rings. The van der Waals surface area contributed by atoms with Crippen LogP contribution in [0.15, 0.2) is 54.6 Å². The minimum atomic E-state index is -0.402. The van der Waals surface area contributed by atoms with Crippen LogP contribution in [0, 0.1) is 0 Å². The van der Waals surface area contributed by atoms with Gasteiger partial charge in [-0.05, 0) is 23.3 Å². The molecule has 0 spiro atoms. The monoisotopic (exact) mass is 271 g/mol. The Morgan fingerprint density at radius 3 is 2.30 bits per heavy atom. The van der Waals surface area contributed by atoms with Crippen LogP contribution in [0.25, 0.3) is 0 Å². The summed E-state index contributed by atoms with van der Waals surface area (Å²) in [7, 11) is 0. The van der Waals surface area contributed by atoms with Gasteiger partial charge >= 0.3 is 0 Å². The fourth-order valence-corrected chi connectivity index (χ4v) is 1.96. The lowest BCUT2D eigenvalue weighted by atomic mass is 10.1. The number of benzene rings is 2. The zero-order valence-electron chi connectivity index (χ0n) is 11.0. The maximum Gasteiger partial charge on any atom is 0.224 e. The van der Waals surface area contributed by atoms with Gasteiger partial charge in [0.25, 0.3) is 0 Å². The van der Waals surface area contributed by atoms with Crippen molar-refractivity contribution in [3.05, 3.63) is 65.7 Å². The summed E-state index contributed by atoms with van der Waals surface area (Å²) in [6, 6.07) is 15.4. The van der Waals surface area contributed by atoms with Crippen LogP contribution in [0.1, 0.15) is 17.2 Å². The second kappa shape index (κ2) is 6.73. The molecule has 0 radical (unpaired) electrons. The summed E-state index contributed by atoms with van der Waals surface area (Å²) in [6.45, 7) is -0.147. The highest BCUT2D eigenvalue weighted by molar-refractivity contribution is 5.79. The molecular weight excluding hydrogens is 254 g/mol. The van der Waals surface area contributed by atoms with Crippen LogP contribution >= 0.6 is 0 Å². The number of hydrogen-bond donors (Lipinski definition) is 3. The third-order valence-electron chi connectivity index (χ3n) is 3.02. The van der Waals surface area contributed by atoms with Crippen LogP contribution in [-0.4, -0.2) is 22.7 Å². The van der Waals surface area contributed by atoms with E-state index in [1.54, 1.807) is 24.3 Å². The third kappa shape index (κ3) is 3.83. The van der Waals surface area contributed by atoms with Crippen molar-refractivity contribution >= 4 is 5.91 Å². The van der Waals surface area contributed by atoms with E-state index in [0.717, 1.165) is 11.1 Å². The first-order valence-electron chi connectivity index (χ1n) is 6.42. The van der Waals surface area contributed by atoms with Crippen molar-refractivity contribution in [2.45, 2.75) is 12.5 Å². The molecule has 0 bridgehead atoms. The van der Waals surface area contributed by atoms with Crippen molar-refractivity contribution in [2.24, 2.45) is 0 Å². The summed E-state index contributed by atoms with van der Waals surface area (Å²) in [5, 5.41) is 21.4. The average molecular weight is 271 g/mol. The lowest BCUT2D eigenvalue weighted by Gasteiger charge is -2.16. The summed E-state index contributed by atoms with van der Waals surface area (Å²) >= 11 is 0. The van der Waals surface area contributed by atoms with Crippen LogP contribution in [-0.2, 0) is 11.2 Å². The highest BCUT2D eigenvalue weighted by Crippen LogP contribution is 2.13. The van der Waals surface area contributed by atoms with Gasteiger partial charge in [0.05, 0.1) is 19.1 Å². The number of rotatable bonds is 5. The first-order chi connectivity index (χ1) is 9.69. The van der Waals surface area contributed by atoms with Gasteiger partial charge in [0.1, 0.15) is 5.75 Å². The molecule has 0 heterocycles. The smallest absolute Gasteiger partial charge is 0.224 e. The lowest BCUT2D eigenvalue weighted by molar-refractivity contribution is -0.121. The molecule has 2 rings (SSSR count). The van der Waals surface area contributed by atoms with Crippen molar-refractivity contribution in [3.63, 3.8) is 0 Å². The topological polar surface area (TPSA) is 69.6 Å². The summed E-state index contributed by atoms with van der Waals surface area (Å²) in [5.74, 6) is 0.00488. The molecule has 2 aromatic carbocycles. The molecule has 0 aliphatic heterocycles. The quantitative estimate of drug-likeness (QED) is 0.776. The van der Waals surface area contributed by atoms with E-state index in [9.17, 15) is 15.0 Å². The fourth-order valence-electron chi connectivity index (χ4n) is 1.96. The van der Waals surface area contributed by atoms with Gasteiger partial charge in [-0.3, -0.25) is 4.79 Å². The van der Waals surface area contributed by atoms with Crippen molar-refractivity contribution in [1.29, 1.82) is 0 Å². The molecule has 0 saturated heterocycles. The predicted octanol–water partition coefficient (Wildman–Crippen LogP) is 1.78. The molecule has 4 nitrogen and oxygen atoms in total. The van der Waals surface area contributed by atoms with E-state index in [2.05, 4.69) is 5.32 Å². The fraction of sp³-hybridized carbons (Fsp3) is 0.188. The first kappa shape index (κ1) is 14.1. The van der Waals surface area contributed by atoms with Crippen molar-refractivity contribution in [2.75, 3.05) is 6.61 Å². The molecule has 0 fully saturated rings. The Hall–Kier alpha value is -2.33. The van der Waals surface area contributed by atoms with Gasteiger partial charge in [-0.15, -0.1) is 0 Å². The predicted molar refractivity (Wildman–Crippen MR) is 76.2 cm³/mol. The Labute approximate surface area is 117 Å². The average Bonchev–Trinajstić information content (AvgIpc) is 2.48. The lowest BCUT2D eigenvalue weighted by Crippen LogP contribution is -2.31. The van der Waals surface area contributed by atoms with Gasteiger partial charge in [-0.1, -0.05) is 42.5 Å². The van der Waals surface area contributed by atoms with E-state index in [4.69, 9.17) is 0 Å². The van der Waals surface area contributed by atoms with Crippen LogP contribution in [0.3, 0.4) is 0 Å². The van der Waals surface area contributed by atoms with E-state index >= 15 is 0 Å². The molecule has 1 amide bonds. The molecule has 20 heavy (non-hydrogen) atoms. The number of hydrogen-bond acceptors (Lipinski definition) is 3. The molecule has 0 aromatic heterocycles. The summed E-state index contributed by atoms with van der Waals surface area (Å²) in [5.41, 5.74) is 1.68. The molecule has 0 aliphatic carbocycles. The van der Waals surface area contributed by atoms with Crippen molar-refractivity contribution < 1.29 is 15.0 Å². The van der Waals surface area contributed by atoms with E-state index in [-0.39, 0.29) is 24.7 Å². The molecule has 0 saturated carbocycles. The molecule has 0 unspecified atom stereocenters. The molecule has 104 valence electrons. The molecule has 4 heteroatoms. The van der Waals surface area contributed by atoms with Crippen LogP contribution in [0.5, 0.6) is 5.75 Å². The Bertz CT molecular complexity index is 552. The number of phenolic OH excluding ortho intramolecular Hbond substituents is 1. The number of carbonyl (C=O) groups excluding carboxylic acids is 1. The second-order valence-corrected chi connectivity index (χ2v) is 4.56. The Morgan fingerprint density at radius 2 is 1.70 bits per heavy atom. The van der Waals surface area contributed by atoms with Gasteiger partial charge in [-0.2, -0.15) is 0 Å². The maximum absolute atomic E-state index is 12.0. The van der Waals surface area contributed by atoms with Crippen LogP contribution in [0.4, 0.5) is 0 Å². The number of amides is 1. The molecular formula is C16H17NO3. The molecule has 3 N–H and O–H groups in total. The van der Waals surface area contributed by atoms with Crippen LogP contribution in [0.2, 0.25) is 0 Å². The van der Waals surface area contributed by atoms with Crippen molar-refractivity contribution in [1.82, 2.24) is 5.32 Å². The van der Waals surface area contributed by atoms with E-state index in [1.807, 2.05) is 30.3 Å². The maximum atomic E-state index is 12.0. The summed E-state index contributed by atoms with van der Waals surface area (Å²) in [4.78, 5) is 12.0. The molecule has 1 atom stereocenters. The normalized spacial score (nSPS) is 11.8. The van der Waals surface area contributed by atoms with E-state index in [1.165, 1.54) is 0 Å². The Kier molecular flexibility index (Phi) is 4.74. The van der Waals surface area contributed by atoms with E-state index in [0.29, 0.717) is 0 Å². The van der Waals surface area contributed by atoms with Gasteiger partial charge in [0, 0.05) is 0 Å². The highest BCUT2D eigenvalue weighted by Gasteiger charge is 2.13. The number of aliphatic hydroxyl groups excluding tert-OH is 1. The van der Waals surface area contributed by atoms with Gasteiger partial charge in [-0.25, -0.2) is 0 Å². The summed E-state index contributed by atoms with van der Waals surface area (Å²) in [6.07, 6.45) is 0.212. The largest absolute Gasteiger partial charge is 0.508 e.